The van der Waals surface area contributed by atoms with Gasteiger partial charge in [-0.1, -0.05) is 12.1 Å². The molecule has 1 N–H and O–H groups in total. The summed E-state index contributed by atoms with van der Waals surface area (Å²) in [6, 6.07) is 6.46. The van der Waals surface area contributed by atoms with Crippen LogP contribution in [0.2, 0.25) is 0 Å². The predicted molar refractivity (Wildman–Crippen MR) is 72.7 cm³/mol. The molecule has 5 heteroatoms. The fourth-order valence-corrected chi connectivity index (χ4v) is 2.94. The van der Waals surface area contributed by atoms with Crippen molar-refractivity contribution in [2.75, 3.05) is 13.2 Å². The highest BCUT2D eigenvalue weighted by Gasteiger charge is 2.13. The van der Waals surface area contributed by atoms with E-state index in [0.717, 1.165) is 50.4 Å². The zero-order chi connectivity index (χ0) is 13.7. The molecule has 0 aromatic heterocycles. The lowest BCUT2D eigenvalue weighted by atomic mass is 9.93. The largest absolute Gasteiger partial charge is 0.381 e. The van der Waals surface area contributed by atoms with Gasteiger partial charge in [0.1, 0.15) is 0 Å². The molecule has 19 heavy (non-hydrogen) atoms. The van der Waals surface area contributed by atoms with Crippen LogP contribution in [-0.4, -0.2) is 26.2 Å². The molecule has 0 spiro atoms. The van der Waals surface area contributed by atoms with Crippen molar-refractivity contribution in [3.05, 3.63) is 29.8 Å². The lowest BCUT2D eigenvalue weighted by Gasteiger charge is -2.21. The van der Waals surface area contributed by atoms with Crippen molar-refractivity contribution in [3.8, 4) is 0 Å². The van der Waals surface area contributed by atoms with Crippen molar-refractivity contribution in [2.24, 2.45) is 5.92 Å². The zero-order valence-corrected chi connectivity index (χ0v) is 11.7. The van der Waals surface area contributed by atoms with Crippen molar-refractivity contribution in [1.82, 2.24) is 0 Å². The van der Waals surface area contributed by atoms with E-state index >= 15 is 0 Å². The lowest BCUT2D eigenvalue weighted by molar-refractivity contribution is 0.0633. The molecule has 1 heterocycles. The summed E-state index contributed by atoms with van der Waals surface area (Å²) in [6.07, 6.45) is 5.56. The van der Waals surface area contributed by atoms with Gasteiger partial charge in [-0.25, -0.2) is 0 Å². The molecule has 106 valence electrons. The molecule has 1 aliphatic heterocycles. The number of hydrogen-bond acceptors (Lipinski definition) is 3. The Morgan fingerprint density at radius 2 is 1.79 bits per heavy atom. The van der Waals surface area contributed by atoms with Crippen LogP contribution in [0, 0.1) is 5.92 Å². The molecule has 2 rings (SSSR count). The molecule has 1 saturated heterocycles. The van der Waals surface area contributed by atoms with E-state index in [2.05, 4.69) is 0 Å². The minimum absolute atomic E-state index is 0.0410. The third kappa shape index (κ3) is 4.60. The fourth-order valence-electron chi connectivity index (χ4n) is 2.46. The molecule has 0 atom stereocenters. The SMILES string of the molecule is O=S(=O)(O)c1ccc(CCCC2CCOCC2)cc1. The summed E-state index contributed by atoms with van der Waals surface area (Å²) < 4.78 is 36.0. The van der Waals surface area contributed by atoms with Gasteiger partial charge in [-0.15, -0.1) is 0 Å². The van der Waals surface area contributed by atoms with Crippen molar-refractivity contribution in [3.63, 3.8) is 0 Å². The third-order valence-electron chi connectivity index (χ3n) is 3.64. The van der Waals surface area contributed by atoms with E-state index in [1.165, 1.54) is 18.6 Å². The van der Waals surface area contributed by atoms with E-state index in [1.54, 1.807) is 12.1 Å². The van der Waals surface area contributed by atoms with Crippen LogP contribution in [0.15, 0.2) is 29.2 Å². The van der Waals surface area contributed by atoms with E-state index < -0.39 is 10.1 Å². The normalized spacial score (nSPS) is 17.5. The van der Waals surface area contributed by atoms with Crippen LogP contribution in [0.4, 0.5) is 0 Å². The van der Waals surface area contributed by atoms with Gasteiger partial charge >= 0.3 is 0 Å². The minimum atomic E-state index is -4.07. The highest BCUT2D eigenvalue weighted by molar-refractivity contribution is 7.85. The highest BCUT2D eigenvalue weighted by atomic mass is 32.2. The quantitative estimate of drug-likeness (QED) is 0.844. The Morgan fingerprint density at radius 1 is 1.16 bits per heavy atom. The number of rotatable bonds is 5. The number of benzene rings is 1. The summed E-state index contributed by atoms with van der Waals surface area (Å²) in [4.78, 5) is -0.0410. The first-order chi connectivity index (χ1) is 9.05. The molecule has 4 nitrogen and oxygen atoms in total. The van der Waals surface area contributed by atoms with Gasteiger partial charge in [0.2, 0.25) is 0 Å². The maximum absolute atomic E-state index is 10.9. The van der Waals surface area contributed by atoms with Crippen molar-refractivity contribution >= 4 is 10.1 Å². The van der Waals surface area contributed by atoms with Gasteiger partial charge in [0, 0.05) is 13.2 Å². The van der Waals surface area contributed by atoms with Gasteiger partial charge in [-0.05, 0) is 55.7 Å². The van der Waals surface area contributed by atoms with Crippen molar-refractivity contribution in [1.29, 1.82) is 0 Å². The van der Waals surface area contributed by atoms with Crippen LogP contribution in [0.25, 0.3) is 0 Å². The Hall–Kier alpha value is -0.910. The van der Waals surface area contributed by atoms with Crippen LogP contribution in [0.3, 0.4) is 0 Å². The second kappa shape index (κ2) is 6.50. The molecule has 0 amide bonds. The first-order valence-electron chi connectivity index (χ1n) is 6.70. The Morgan fingerprint density at radius 3 is 2.37 bits per heavy atom. The van der Waals surface area contributed by atoms with E-state index in [9.17, 15) is 8.42 Å². The van der Waals surface area contributed by atoms with E-state index in [0.29, 0.717) is 0 Å². The Kier molecular flexibility index (Phi) is 4.96. The smallest absolute Gasteiger partial charge is 0.294 e. The zero-order valence-electron chi connectivity index (χ0n) is 10.9. The van der Waals surface area contributed by atoms with Gasteiger partial charge in [-0.2, -0.15) is 8.42 Å². The first-order valence-corrected chi connectivity index (χ1v) is 8.14. The van der Waals surface area contributed by atoms with Gasteiger partial charge in [0.25, 0.3) is 10.1 Å². The van der Waals surface area contributed by atoms with E-state index in [4.69, 9.17) is 9.29 Å². The van der Waals surface area contributed by atoms with Crippen molar-refractivity contribution in [2.45, 2.75) is 37.0 Å². The highest BCUT2D eigenvalue weighted by Crippen LogP contribution is 2.21. The third-order valence-corrected chi connectivity index (χ3v) is 4.51. The summed E-state index contributed by atoms with van der Waals surface area (Å²) in [5, 5.41) is 0. The van der Waals surface area contributed by atoms with Crippen LogP contribution in [0.5, 0.6) is 0 Å². The summed E-state index contributed by atoms with van der Waals surface area (Å²) in [5.74, 6) is 0.769. The Bertz CT molecular complexity index is 487. The number of aryl methyl sites for hydroxylation is 1. The molecular formula is C14H20O4S. The maximum Gasteiger partial charge on any atom is 0.294 e. The molecular weight excluding hydrogens is 264 g/mol. The molecule has 1 aliphatic rings. The average molecular weight is 284 g/mol. The van der Waals surface area contributed by atoms with E-state index in [1.807, 2.05) is 0 Å². The topological polar surface area (TPSA) is 63.6 Å². The molecule has 1 fully saturated rings. The van der Waals surface area contributed by atoms with E-state index in [-0.39, 0.29) is 4.90 Å². The molecule has 0 radical (unpaired) electrons. The Labute approximate surface area is 114 Å². The number of ether oxygens (including phenoxy) is 1. The molecule has 0 aliphatic carbocycles. The summed E-state index contributed by atoms with van der Waals surface area (Å²) >= 11 is 0. The van der Waals surface area contributed by atoms with Crippen LogP contribution in [0.1, 0.15) is 31.2 Å². The standard InChI is InChI=1S/C14H20O4S/c15-19(16,17)14-6-4-12(5-7-14)2-1-3-13-8-10-18-11-9-13/h4-7,13H,1-3,8-11H2,(H,15,16,17). The predicted octanol–water partition coefficient (Wildman–Crippen LogP) is 2.68. The molecule has 1 aromatic rings. The first kappa shape index (κ1) is 14.5. The lowest BCUT2D eigenvalue weighted by Crippen LogP contribution is -2.15. The van der Waals surface area contributed by atoms with Gasteiger partial charge in [0.15, 0.2) is 0 Å². The second-order valence-corrected chi connectivity index (χ2v) is 6.49. The van der Waals surface area contributed by atoms with Gasteiger partial charge < -0.3 is 4.74 Å². The van der Waals surface area contributed by atoms with Crippen LogP contribution in [-0.2, 0) is 21.3 Å². The minimum Gasteiger partial charge on any atom is -0.381 e. The summed E-state index contributed by atoms with van der Waals surface area (Å²) in [5.41, 5.74) is 1.11. The maximum atomic E-state index is 10.9. The van der Waals surface area contributed by atoms with Crippen LogP contribution >= 0.6 is 0 Å². The molecule has 0 saturated carbocycles. The monoisotopic (exact) mass is 284 g/mol. The number of hydrogen-bond donors (Lipinski definition) is 1. The second-order valence-electron chi connectivity index (χ2n) is 5.07. The van der Waals surface area contributed by atoms with Gasteiger partial charge in [-0.3, -0.25) is 4.55 Å². The van der Waals surface area contributed by atoms with Gasteiger partial charge in [0.05, 0.1) is 4.90 Å². The summed E-state index contributed by atoms with van der Waals surface area (Å²) in [6.45, 7) is 1.77. The molecule has 0 unspecified atom stereocenters. The Balaban J connectivity index is 1.80. The molecule has 0 bridgehead atoms. The average Bonchev–Trinajstić information content (AvgIpc) is 2.39. The fraction of sp³-hybridized carbons (Fsp3) is 0.571. The van der Waals surface area contributed by atoms with Crippen LogP contribution < -0.4 is 0 Å². The summed E-state index contributed by atoms with van der Waals surface area (Å²) in [7, 11) is -4.07. The molecule has 1 aromatic carbocycles. The van der Waals surface area contributed by atoms with Crippen molar-refractivity contribution < 1.29 is 17.7 Å².